The Kier molecular flexibility index (Phi) is 5.28. The molecule has 0 radical (unpaired) electrons. The second-order valence-corrected chi connectivity index (χ2v) is 7.34. The highest BCUT2D eigenvalue weighted by Crippen LogP contribution is 2.30. The Balaban J connectivity index is 2.15. The van der Waals surface area contributed by atoms with E-state index in [2.05, 4.69) is 5.32 Å². The van der Waals surface area contributed by atoms with Crippen molar-refractivity contribution in [2.24, 2.45) is 5.92 Å². The molecule has 1 saturated heterocycles. The highest BCUT2D eigenvalue weighted by molar-refractivity contribution is 7.91. The smallest absolute Gasteiger partial charge is 0.228 e. The molecule has 0 spiro atoms. The SMILES string of the molecule is CCOc1ccc(OCC)c(NC(=O)C2CCS(=O)(=O)C2)c1. The van der Waals surface area contributed by atoms with Crippen LogP contribution in [0.1, 0.15) is 20.3 Å². The number of ether oxygens (including phenoxy) is 2. The van der Waals surface area contributed by atoms with E-state index >= 15 is 0 Å². The lowest BCUT2D eigenvalue weighted by Crippen LogP contribution is -2.24. The maximum atomic E-state index is 12.3. The van der Waals surface area contributed by atoms with E-state index in [0.717, 1.165) is 0 Å². The van der Waals surface area contributed by atoms with Crippen LogP contribution in [0, 0.1) is 5.92 Å². The number of hydrogen-bond donors (Lipinski definition) is 1. The largest absolute Gasteiger partial charge is 0.494 e. The van der Waals surface area contributed by atoms with Crippen molar-refractivity contribution in [3.8, 4) is 11.5 Å². The van der Waals surface area contributed by atoms with Crippen LogP contribution in [0.25, 0.3) is 0 Å². The number of anilines is 1. The molecule has 1 amide bonds. The van der Waals surface area contributed by atoms with Crippen molar-refractivity contribution in [1.29, 1.82) is 0 Å². The van der Waals surface area contributed by atoms with E-state index in [1.807, 2.05) is 13.8 Å². The van der Waals surface area contributed by atoms with E-state index in [1.54, 1.807) is 18.2 Å². The molecule has 1 aromatic carbocycles. The quantitative estimate of drug-likeness (QED) is 0.862. The fourth-order valence-electron chi connectivity index (χ4n) is 2.38. The van der Waals surface area contributed by atoms with Gasteiger partial charge in [0.15, 0.2) is 9.84 Å². The Morgan fingerprint density at radius 1 is 1.27 bits per heavy atom. The van der Waals surface area contributed by atoms with Crippen LogP contribution in [0.4, 0.5) is 5.69 Å². The second-order valence-electron chi connectivity index (χ2n) is 5.11. The van der Waals surface area contributed by atoms with Gasteiger partial charge >= 0.3 is 0 Å². The van der Waals surface area contributed by atoms with Gasteiger partial charge in [-0.25, -0.2) is 8.42 Å². The summed E-state index contributed by atoms with van der Waals surface area (Å²) in [5.74, 6) is 0.349. The van der Waals surface area contributed by atoms with Crippen molar-refractivity contribution in [3.05, 3.63) is 18.2 Å². The molecule has 0 aromatic heterocycles. The number of benzene rings is 1. The Hall–Kier alpha value is -1.76. The zero-order chi connectivity index (χ0) is 16.2. The lowest BCUT2D eigenvalue weighted by atomic mass is 10.1. The average molecular weight is 327 g/mol. The molecule has 1 N–H and O–H groups in total. The normalized spacial score (nSPS) is 19.6. The fraction of sp³-hybridized carbons (Fsp3) is 0.533. The van der Waals surface area contributed by atoms with E-state index < -0.39 is 15.8 Å². The van der Waals surface area contributed by atoms with E-state index in [-0.39, 0.29) is 17.4 Å². The Morgan fingerprint density at radius 2 is 2.00 bits per heavy atom. The number of sulfone groups is 1. The molecule has 1 heterocycles. The fourth-order valence-corrected chi connectivity index (χ4v) is 4.12. The summed E-state index contributed by atoms with van der Waals surface area (Å²) >= 11 is 0. The van der Waals surface area contributed by atoms with Crippen LogP contribution in [0.2, 0.25) is 0 Å². The number of carbonyl (C=O) groups is 1. The number of amides is 1. The lowest BCUT2D eigenvalue weighted by Gasteiger charge is -2.15. The monoisotopic (exact) mass is 327 g/mol. The van der Waals surface area contributed by atoms with E-state index in [0.29, 0.717) is 36.8 Å². The van der Waals surface area contributed by atoms with E-state index in [1.165, 1.54) is 0 Å². The van der Waals surface area contributed by atoms with Gasteiger partial charge in [-0.15, -0.1) is 0 Å². The molecule has 1 unspecified atom stereocenters. The zero-order valence-electron chi connectivity index (χ0n) is 12.8. The molecular formula is C15H21NO5S. The predicted octanol–water partition coefficient (Wildman–Crippen LogP) is 1.86. The summed E-state index contributed by atoms with van der Waals surface area (Å²) in [6, 6.07) is 5.19. The summed E-state index contributed by atoms with van der Waals surface area (Å²) in [5, 5.41) is 2.77. The first-order valence-electron chi connectivity index (χ1n) is 7.36. The molecule has 6 nitrogen and oxygen atoms in total. The van der Waals surface area contributed by atoms with Crippen LogP contribution < -0.4 is 14.8 Å². The van der Waals surface area contributed by atoms with Gasteiger partial charge in [0.2, 0.25) is 5.91 Å². The molecule has 0 aliphatic carbocycles. The molecule has 1 aliphatic heterocycles. The molecule has 1 aliphatic rings. The van der Waals surface area contributed by atoms with Crippen molar-refractivity contribution in [2.75, 3.05) is 30.0 Å². The van der Waals surface area contributed by atoms with Crippen LogP contribution in [0.5, 0.6) is 11.5 Å². The number of hydrogen-bond acceptors (Lipinski definition) is 5. The Bertz CT molecular complexity index is 641. The Labute approximate surface area is 130 Å². The highest BCUT2D eigenvalue weighted by atomic mass is 32.2. The van der Waals surface area contributed by atoms with Crippen molar-refractivity contribution < 1.29 is 22.7 Å². The number of nitrogens with one attached hydrogen (secondary N) is 1. The molecule has 0 saturated carbocycles. The third-order valence-electron chi connectivity index (χ3n) is 3.42. The van der Waals surface area contributed by atoms with Crippen LogP contribution in [-0.2, 0) is 14.6 Å². The molecule has 22 heavy (non-hydrogen) atoms. The van der Waals surface area contributed by atoms with Crippen LogP contribution in [-0.4, -0.2) is 39.0 Å². The highest BCUT2D eigenvalue weighted by Gasteiger charge is 2.33. The molecule has 2 rings (SSSR count). The summed E-state index contributed by atoms with van der Waals surface area (Å²) in [6.07, 6.45) is 0.364. The van der Waals surface area contributed by atoms with Crippen molar-refractivity contribution in [2.45, 2.75) is 20.3 Å². The minimum Gasteiger partial charge on any atom is -0.494 e. The molecule has 0 bridgehead atoms. The summed E-state index contributed by atoms with van der Waals surface area (Å²) in [4.78, 5) is 12.3. The minimum atomic E-state index is -3.09. The molecular weight excluding hydrogens is 306 g/mol. The molecule has 122 valence electrons. The second kappa shape index (κ2) is 7.00. The van der Waals surface area contributed by atoms with Crippen LogP contribution >= 0.6 is 0 Å². The lowest BCUT2D eigenvalue weighted by molar-refractivity contribution is -0.119. The number of rotatable bonds is 6. The topological polar surface area (TPSA) is 81.7 Å². The Morgan fingerprint density at radius 3 is 2.59 bits per heavy atom. The van der Waals surface area contributed by atoms with Gasteiger partial charge in [0.05, 0.1) is 36.3 Å². The maximum absolute atomic E-state index is 12.3. The van der Waals surface area contributed by atoms with Crippen LogP contribution in [0.3, 0.4) is 0 Å². The number of carbonyl (C=O) groups excluding carboxylic acids is 1. The first kappa shape index (κ1) is 16.6. The molecule has 1 atom stereocenters. The van der Waals surface area contributed by atoms with Gasteiger partial charge in [0, 0.05) is 6.07 Å². The summed E-state index contributed by atoms with van der Waals surface area (Å²) in [7, 11) is -3.09. The zero-order valence-corrected chi connectivity index (χ0v) is 13.6. The third-order valence-corrected chi connectivity index (χ3v) is 5.19. The van der Waals surface area contributed by atoms with E-state index in [9.17, 15) is 13.2 Å². The molecule has 7 heteroatoms. The van der Waals surface area contributed by atoms with Gasteiger partial charge in [0.25, 0.3) is 0 Å². The van der Waals surface area contributed by atoms with Gasteiger partial charge in [0.1, 0.15) is 11.5 Å². The van der Waals surface area contributed by atoms with Gasteiger partial charge < -0.3 is 14.8 Å². The van der Waals surface area contributed by atoms with Crippen LogP contribution in [0.15, 0.2) is 18.2 Å². The van der Waals surface area contributed by atoms with Crippen molar-refractivity contribution in [3.63, 3.8) is 0 Å². The van der Waals surface area contributed by atoms with Gasteiger partial charge in [-0.1, -0.05) is 0 Å². The van der Waals surface area contributed by atoms with E-state index in [4.69, 9.17) is 9.47 Å². The maximum Gasteiger partial charge on any atom is 0.228 e. The van der Waals surface area contributed by atoms with Gasteiger partial charge in [-0.2, -0.15) is 0 Å². The summed E-state index contributed by atoms with van der Waals surface area (Å²) in [5.41, 5.74) is 0.502. The third kappa shape index (κ3) is 4.13. The average Bonchev–Trinajstić information content (AvgIpc) is 2.82. The first-order chi connectivity index (χ1) is 10.4. The minimum absolute atomic E-state index is 0.0718. The molecule has 1 fully saturated rings. The van der Waals surface area contributed by atoms with Gasteiger partial charge in [-0.3, -0.25) is 4.79 Å². The summed E-state index contributed by atoms with van der Waals surface area (Å²) < 4.78 is 33.9. The first-order valence-corrected chi connectivity index (χ1v) is 9.18. The van der Waals surface area contributed by atoms with Crippen molar-refractivity contribution in [1.82, 2.24) is 0 Å². The van der Waals surface area contributed by atoms with Crippen molar-refractivity contribution >= 4 is 21.4 Å². The van der Waals surface area contributed by atoms with Gasteiger partial charge in [-0.05, 0) is 32.4 Å². The predicted molar refractivity (Wildman–Crippen MR) is 84.2 cm³/mol. The summed E-state index contributed by atoms with van der Waals surface area (Å²) in [6.45, 7) is 4.71. The standard InChI is InChI=1S/C15H21NO5S/c1-3-20-12-5-6-14(21-4-2)13(9-12)16-15(17)11-7-8-22(18,19)10-11/h5-6,9,11H,3-4,7-8,10H2,1-2H3,(H,16,17). The molecule has 1 aromatic rings.